The average molecular weight is 172 g/mol. The van der Waals surface area contributed by atoms with E-state index >= 15 is 0 Å². The van der Waals surface area contributed by atoms with Gasteiger partial charge in [0.05, 0.1) is 0 Å². The van der Waals surface area contributed by atoms with Gasteiger partial charge in [-0.2, -0.15) is 0 Å². The Bertz CT molecular complexity index is 134. The molecule has 0 aliphatic carbocycles. The van der Waals surface area contributed by atoms with E-state index in [9.17, 15) is 4.79 Å². The van der Waals surface area contributed by atoms with Crippen molar-refractivity contribution in [3.8, 4) is 0 Å². The van der Waals surface area contributed by atoms with Gasteiger partial charge in [-0.1, -0.05) is 13.3 Å². The Morgan fingerprint density at radius 2 is 2.17 bits per heavy atom. The van der Waals surface area contributed by atoms with Crippen LogP contribution in [0.2, 0.25) is 0 Å². The standard InChI is InChI=1S/C9H18NO2/c1-5-6-7-8(2)12-9(11)10(3)4/h8H,1,5-7H2,2-4H3. The molecule has 0 fully saturated rings. The molecule has 0 aromatic carbocycles. The fourth-order valence-corrected chi connectivity index (χ4v) is 0.768. The second-order valence-corrected chi connectivity index (χ2v) is 3.08. The molecule has 0 saturated heterocycles. The minimum Gasteiger partial charge on any atom is -0.446 e. The number of nitrogens with zero attached hydrogens (tertiary/aromatic N) is 1. The number of unbranched alkanes of at least 4 members (excludes halogenated alkanes) is 1. The lowest BCUT2D eigenvalue weighted by molar-refractivity contribution is 0.0780. The summed E-state index contributed by atoms with van der Waals surface area (Å²) in [6.07, 6.45) is 2.52. The van der Waals surface area contributed by atoms with Crippen molar-refractivity contribution in [2.75, 3.05) is 14.1 Å². The predicted octanol–water partition coefficient (Wildman–Crippen LogP) is 2.08. The molecule has 1 atom stereocenters. The number of hydrogen-bond acceptors (Lipinski definition) is 2. The molecular weight excluding hydrogens is 154 g/mol. The van der Waals surface area contributed by atoms with Crippen LogP contribution < -0.4 is 0 Å². The lowest BCUT2D eigenvalue weighted by Crippen LogP contribution is -2.26. The molecule has 1 radical (unpaired) electrons. The van der Waals surface area contributed by atoms with E-state index in [2.05, 4.69) is 6.92 Å². The number of rotatable bonds is 4. The van der Waals surface area contributed by atoms with E-state index in [0.717, 1.165) is 19.3 Å². The van der Waals surface area contributed by atoms with Gasteiger partial charge in [0.2, 0.25) is 0 Å². The van der Waals surface area contributed by atoms with E-state index in [-0.39, 0.29) is 12.2 Å². The van der Waals surface area contributed by atoms with Gasteiger partial charge in [0.15, 0.2) is 0 Å². The normalized spacial score (nSPS) is 12.3. The van der Waals surface area contributed by atoms with Crippen molar-refractivity contribution in [3.05, 3.63) is 6.92 Å². The molecule has 3 heteroatoms. The van der Waals surface area contributed by atoms with Crippen molar-refractivity contribution in [2.24, 2.45) is 0 Å². The van der Waals surface area contributed by atoms with E-state index in [1.807, 2.05) is 6.92 Å². The second-order valence-electron chi connectivity index (χ2n) is 3.08. The Kier molecular flexibility index (Phi) is 5.51. The molecule has 0 saturated carbocycles. The smallest absolute Gasteiger partial charge is 0.409 e. The van der Waals surface area contributed by atoms with E-state index in [0.29, 0.717) is 0 Å². The molecule has 0 heterocycles. The molecule has 0 N–H and O–H groups in total. The second kappa shape index (κ2) is 5.86. The fourth-order valence-electron chi connectivity index (χ4n) is 0.768. The van der Waals surface area contributed by atoms with Crippen LogP contribution in [0.1, 0.15) is 26.2 Å². The first kappa shape index (κ1) is 11.3. The zero-order valence-electron chi connectivity index (χ0n) is 8.17. The predicted molar refractivity (Wildman–Crippen MR) is 48.8 cm³/mol. The first-order valence-electron chi connectivity index (χ1n) is 4.25. The van der Waals surface area contributed by atoms with Crippen LogP contribution in [0.4, 0.5) is 4.79 Å². The summed E-state index contributed by atoms with van der Waals surface area (Å²) in [7, 11) is 3.35. The summed E-state index contributed by atoms with van der Waals surface area (Å²) in [5.41, 5.74) is 0. The fraction of sp³-hybridized carbons (Fsp3) is 0.778. The molecule has 0 bridgehead atoms. The van der Waals surface area contributed by atoms with Gasteiger partial charge >= 0.3 is 6.09 Å². The van der Waals surface area contributed by atoms with Crippen LogP contribution >= 0.6 is 0 Å². The number of ether oxygens (including phenoxy) is 1. The maximum absolute atomic E-state index is 11.0. The highest BCUT2D eigenvalue weighted by molar-refractivity contribution is 5.66. The van der Waals surface area contributed by atoms with Gasteiger partial charge in [-0.25, -0.2) is 4.79 Å². The number of hydrogen-bond donors (Lipinski definition) is 0. The molecule has 0 rings (SSSR count). The first-order chi connectivity index (χ1) is 5.57. The highest BCUT2D eigenvalue weighted by Crippen LogP contribution is 2.04. The lowest BCUT2D eigenvalue weighted by atomic mass is 10.2. The van der Waals surface area contributed by atoms with Gasteiger partial charge in [0.1, 0.15) is 6.10 Å². The summed E-state index contributed by atoms with van der Waals surface area (Å²) in [6, 6.07) is 0. The van der Waals surface area contributed by atoms with E-state index in [1.165, 1.54) is 4.90 Å². The van der Waals surface area contributed by atoms with Crippen LogP contribution in [-0.4, -0.2) is 31.2 Å². The molecule has 71 valence electrons. The van der Waals surface area contributed by atoms with Gasteiger partial charge in [0.25, 0.3) is 0 Å². The summed E-state index contributed by atoms with van der Waals surface area (Å²) in [4.78, 5) is 12.4. The summed E-state index contributed by atoms with van der Waals surface area (Å²) in [5.74, 6) is 0. The molecular formula is C9H18NO2. The average Bonchev–Trinajstić information content (AvgIpc) is 2.00. The van der Waals surface area contributed by atoms with E-state index < -0.39 is 0 Å². The molecule has 1 amide bonds. The SMILES string of the molecule is [CH2]CCCC(C)OC(=O)N(C)C. The highest BCUT2D eigenvalue weighted by atomic mass is 16.6. The van der Waals surface area contributed by atoms with Crippen LogP contribution in [0.15, 0.2) is 0 Å². The third kappa shape index (κ3) is 4.99. The molecule has 0 aromatic rings. The quantitative estimate of drug-likeness (QED) is 0.649. The van der Waals surface area contributed by atoms with Crippen molar-refractivity contribution in [1.82, 2.24) is 4.90 Å². The molecule has 12 heavy (non-hydrogen) atoms. The third-order valence-corrected chi connectivity index (χ3v) is 1.53. The lowest BCUT2D eigenvalue weighted by Gasteiger charge is -2.16. The monoisotopic (exact) mass is 172 g/mol. The highest BCUT2D eigenvalue weighted by Gasteiger charge is 2.09. The third-order valence-electron chi connectivity index (χ3n) is 1.53. The zero-order chi connectivity index (χ0) is 9.56. The Morgan fingerprint density at radius 3 is 2.58 bits per heavy atom. The van der Waals surface area contributed by atoms with Crippen molar-refractivity contribution in [1.29, 1.82) is 0 Å². The number of carbonyl (C=O) groups excluding carboxylic acids is 1. The van der Waals surface area contributed by atoms with Crippen LogP contribution in [0.3, 0.4) is 0 Å². The Labute approximate surface area is 74.7 Å². The van der Waals surface area contributed by atoms with Crippen molar-refractivity contribution in [2.45, 2.75) is 32.3 Å². The van der Waals surface area contributed by atoms with Crippen LogP contribution in [-0.2, 0) is 4.74 Å². The van der Waals surface area contributed by atoms with E-state index in [4.69, 9.17) is 4.74 Å². The van der Waals surface area contributed by atoms with Crippen molar-refractivity contribution < 1.29 is 9.53 Å². The summed E-state index contributed by atoms with van der Waals surface area (Å²) < 4.78 is 5.07. The Hall–Kier alpha value is -0.730. The molecule has 0 aliphatic rings. The summed E-state index contributed by atoms with van der Waals surface area (Å²) >= 11 is 0. The first-order valence-corrected chi connectivity index (χ1v) is 4.25. The minimum absolute atomic E-state index is 0.00153. The Balaban J connectivity index is 3.54. The number of carbonyl (C=O) groups is 1. The molecule has 0 aliphatic heterocycles. The largest absolute Gasteiger partial charge is 0.446 e. The van der Waals surface area contributed by atoms with Crippen molar-refractivity contribution >= 4 is 6.09 Å². The van der Waals surface area contributed by atoms with Crippen LogP contribution in [0.25, 0.3) is 0 Å². The Morgan fingerprint density at radius 1 is 1.58 bits per heavy atom. The topological polar surface area (TPSA) is 29.5 Å². The summed E-state index contributed by atoms with van der Waals surface area (Å²) in [5, 5.41) is 0. The zero-order valence-corrected chi connectivity index (χ0v) is 8.17. The molecule has 0 aromatic heterocycles. The van der Waals surface area contributed by atoms with Gasteiger partial charge in [-0.3, -0.25) is 0 Å². The summed E-state index contributed by atoms with van der Waals surface area (Å²) in [6.45, 7) is 5.62. The van der Waals surface area contributed by atoms with Gasteiger partial charge < -0.3 is 9.64 Å². The van der Waals surface area contributed by atoms with Gasteiger partial charge in [0, 0.05) is 14.1 Å². The van der Waals surface area contributed by atoms with Gasteiger partial charge in [-0.05, 0) is 19.8 Å². The molecule has 0 spiro atoms. The van der Waals surface area contributed by atoms with Crippen LogP contribution in [0.5, 0.6) is 0 Å². The van der Waals surface area contributed by atoms with Crippen LogP contribution in [0, 0.1) is 6.92 Å². The van der Waals surface area contributed by atoms with Gasteiger partial charge in [-0.15, -0.1) is 0 Å². The van der Waals surface area contributed by atoms with Crippen molar-refractivity contribution in [3.63, 3.8) is 0 Å². The maximum Gasteiger partial charge on any atom is 0.409 e. The number of amides is 1. The van der Waals surface area contributed by atoms with E-state index in [1.54, 1.807) is 14.1 Å². The molecule has 1 unspecified atom stereocenters. The maximum atomic E-state index is 11.0. The molecule has 3 nitrogen and oxygen atoms in total. The minimum atomic E-state index is -0.272.